The number of aromatic nitrogens is 3. The van der Waals surface area contributed by atoms with Crippen molar-refractivity contribution in [1.82, 2.24) is 14.4 Å². The third-order valence-electron chi connectivity index (χ3n) is 2.81. The molecule has 0 radical (unpaired) electrons. The minimum Gasteiger partial charge on any atom is -0.482 e. The second-order valence-electron chi connectivity index (χ2n) is 4.10. The van der Waals surface area contributed by atoms with Gasteiger partial charge in [-0.25, -0.2) is 9.97 Å². The maximum atomic E-state index is 5.34. The average molecular weight is 239 g/mol. The quantitative estimate of drug-likeness (QED) is 0.690. The first kappa shape index (κ1) is 10.8. The predicted molar refractivity (Wildman–Crippen MR) is 69.7 cm³/mol. The van der Waals surface area contributed by atoms with E-state index in [-0.39, 0.29) is 0 Å². The maximum absolute atomic E-state index is 5.34. The van der Waals surface area contributed by atoms with Crippen LogP contribution in [0.2, 0.25) is 0 Å². The molecule has 0 unspecified atom stereocenters. The van der Waals surface area contributed by atoms with Crippen LogP contribution in [-0.2, 0) is 0 Å². The van der Waals surface area contributed by atoms with E-state index < -0.39 is 0 Å². The Morgan fingerprint density at radius 3 is 2.61 bits per heavy atom. The third-order valence-corrected chi connectivity index (χ3v) is 2.81. The van der Waals surface area contributed by atoms with Crippen LogP contribution in [0.4, 0.5) is 0 Å². The van der Waals surface area contributed by atoms with Crippen LogP contribution in [0.5, 0.6) is 5.88 Å². The van der Waals surface area contributed by atoms with E-state index in [1.807, 2.05) is 53.9 Å². The van der Waals surface area contributed by atoms with E-state index in [0.29, 0.717) is 5.78 Å². The molecular weight excluding hydrogens is 226 g/mol. The molecule has 3 aromatic rings. The fourth-order valence-corrected chi connectivity index (χ4v) is 1.96. The van der Waals surface area contributed by atoms with Gasteiger partial charge in [0, 0.05) is 23.5 Å². The number of aryl methyl sites for hydroxylation is 1. The second-order valence-corrected chi connectivity index (χ2v) is 4.10. The molecule has 4 nitrogen and oxygen atoms in total. The molecule has 0 aliphatic heterocycles. The van der Waals surface area contributed by atoms with E-state index in [2.05, 4.69) is 9.97 Å². The zero-order valence-electron chi connectivity index (χ0n) is 10.3. The number of rotatable bonds is 2. The first-order valence-electron chi connectivity index (χ1n) is 5.74. The Morgan fingerprint density at radius 2 is 1.89 bits per heavy atom. The smallest absolute Gasteiger partial charge is 0.237 e. The molecule has 1 aromatic carbocycles. The highest BCUT2D eigenvalue weighted by atomic mass is 16.5. The zero-order chi connectivity index (χ0) is 12.5. The summed E-state index contributed by atoms with van der Waals surface area (Å²) in [5, 5.41) is 0. The molecule has 3 rings (SSSR count). The Hall–Kier alpha value is -2.36. The summed E-state index contributed by atoms with van der Waals surface area (Å²) in [7, 11) is 1.65. The number of ether oxygens (including phenoxy) is 1. The van der Waals surface area contributed by atoms with Gasteiger partial charge in [-0.3, -0.25) is 4.40 Å². The lowest BCUT2D eigenvalue weighted by atomic mass is 10.2. The molecule has 2 aromatic heterocycles. The molecule has 4 heteroatoms. The average Bonchev–Trinajstić information content (AvgIpc) is 2.82. The largest absolute Gasteiger partial charge is 0.482 e. The van der Waals surface area contributed by atoms with Gasteiger partial charge in [-0.1, -0.05) is 30.3 Å². The van der Waals surface area contributed by atoms with Gasteiger partial charge in [0.1, 0.15) is 0 Å². The van der Waals surface area contributed by atoms with Gasteiger partial charge in [-0.2, -0.15) is 0 Å². The zero-order valence-corrected chi connectivity index (χ0v) is 10.3. The molecule has 0 amide bonds. The lowest BCUT2D eigenvalue weighted by Crippen LogP contribution is -1.96. The van der Waals surface area contributed by atoms with E-state index in [0.717, 1.165) is 22.8 Å². The van der Waals surface area contributed by atoms with E-state index in [9.17, 15) is 0 Å². The van der Waals surface area contributed by atoms with Crippen molar-refractivity contribution < 1.29 is 4.74 Å². The van der Waals surface area contributed by atoms with Crippen molar-refractivity contribution in [3.05, 3.63) is 48.3 Å². The number of nitrogens with zero attached hydrogens (tertiary/aromatic N) is 3. The molecule has 0 aliphatic carbocycles. The fourth-order valence-electron chi connectivity index (χ4n) is 1.96. The first-order valence-corrected chi connectivity index (χ1v) is 5.74. The number of benzene rings is 1. The first-order chi connectivity index (χ1) is 8.78. The van der Waals surface area contributed by atoms with Crippen LogP contribution < -0.4 is 4.74 Å². The molecule has 0 saturated carbocycles. The van der Waals surface area contributed by atoms with Crippen molar-refractivity contribution >= 4 is 5.78 Å². The summed E-state index contributed by atoms with van der Waals surface area (Å²) in [5.74, 6) is 1.40. The third kappa shape index (κ3) is 1.72. The van der Waals surface area contributed by atoms with E-state index in [4.69, 9.17) is 4.74 Å². The summed E-state index contributed by atoms with van der Waals surface area (Å²) in [6.45, 7) is 1.93. The van der Waals surface area contributed by atoms with Crippen LogP contribution in [0.1, 0.15) is 5.69 Å². The highest BCUT2D eigenvalue weighted by Gasteiger charge is 2.09. The molecule has 90 valence electrons. The van der Waals surface area contributed by atoms with Crippen LogP contribution in [0.15, 0.2) is 42.6 Å². The topological polar surface area (TPSA) is 39.4 Å². The van der Waals surface area contributed by atoms with Crippen molar-refractivity contribution in [2.24, 2.45) is 0 Å². The number of fused-ring (bicyclic) bond motifs is 1. The lowest BCUT2D eigenvalue weighted by Gasteiger charge is -2.03. The molecular formula is C14H13N3O. The van der Waals surface area contributed by atoms with Gasteiger partial charge in [0.05, 0.1) is 12.8 Å². The second kappa shape index (κ2) is 4.14. The van der Waals surface area contributed by atoms with Gasteiger partial charge in [-0.15, -0.1) is 0 Å². The van der Waals surface area contributed by atoms with Crippen molar-refractivity contribution in [3.8, 4) is 17.1 Å². The predicted octanol–water partition coefficient (Wildman–Crippen LogP) is 2.71. The highest BCUT2D eigenvalue weighted by Crippen LogP contribution is 2.22. The molecule has 2 heterocycles. The Morgan fingerprint density at radius 1 is 1.11 bits per heavy atom. The van der Waals surface area contributed by atoms with Gasteiger partial charge in [0.15, 0.2) is 0 Å². The van der Waals surface area contributed by atoms with Crippen molar-refractivity contribution in [2.75, 3.05) is 7.11 Å². The SMILES string of the molecule is COc1cc(C)nc2nc(-c3ccccc3)cn12. The highest BCUT2D eigenvalue weighted by molar-refractivity contribution is 5.61. The monoisotopic (exact) mass is 239 g/mol. The molecule has 0 saturated heterocycles. The van der Waals surface area contributed by atoms with Crippen LogP contribution >= 0.6 is 0 Å². The summed E-state index contributed by atoms with van der Waals surface area (Å²) in [4.78, 5) is 8.93. The summed E-state index contributed by atoms with van der Waals surface area (Å²) in [5.41, 5.74) is 2.86. The van der Waals surface area contributed by atoms with Gasteiger partial charge < -0.3 is 4.74 Å². The number of hydrogen-bond donors (Lipinski definition) is 0. The molecule has 0 aliphatic rings. The Bertz CT molecular complexity index is 689. The molecule has 0 N–H and O–H groups in total. The standard InChI is InChI=1S/C14H13N3O/c1-10-8-13(18-2)17-9-12(16-14(17)15-10)11-6-4-3-5-7-11/h3-9H,1-2H3. The van der Waals surface area contributed by atoms with E-state index >= 15 is 0 Å². The summed E-state index contributed by atoms with van der Waals surface area (Å²) in [6, 6.07) is 11.9. The van der Waals surface area contributed by atoms with E-state index in [1.54, 1.807) is 7.11 Å². The minimum absolute atomic E-state index is 0.658. The Balaban J connectivity index is 2.23. The molecule has 18 heavy (non-hydrogen) atoms. The van der Waals surface area contributed by atoms with Crippen molar-refractivity contribution in [2.45, 2.75) is 6.92 Å². The van der Waals surface area contributed by atoms with Crippen LogP contribution in [0, 0.1) is 6.92 Å². The molecule has 0 atom stereocenters. The summed E-state index contributed by atoms with van der Waals surface area (Å²) >= 11 is 0. The lowest BCUT2D eigenvalue weighted by molar-refractivity contribution is 0.391. The maximum Gasteiger partial charge on any atom is 0.237 e. The minimum atomic E-state index is 0.658. The van der Waals surface area contributed by atoms with Gasteiger partial charge in [0.25, 0.3) is 0 Å². The van der Waals surface area contributed by atoms with E-state index in [1.165, 1.54) is 0 Å². The van der Waals surface area contributed by atoms with Gasteiger partial charge in [0.2, 0.25) is 11.7 Å². The van der Waals surface area contributed by atoms with Crippen molar-refractivity contribution in [3.63, 3.8) is 0 Å². The van der Waals surface area contributed by atoms with Gasteiger partial charge in [-0.05, 0) is 6.92 Å². The normalized spacial score (nSPS) is 10.8. The molecule has 0 fully saturated rings. The molecule has 0 spiro atoms. The summed E-state index contributed by atoms with van der Waals surface area (Å²) < 4.78 is 7.20. The van der Waals surface area contributed by atoms with Crippen molar-refractivity contribution in [1.29, 1.82) is 0 Å². The Kier molecular flexibility index (Phi) is 2.48. The van der Waals surface area contributed by atoms with Crippen LogP contribution in [0.25, 0.3) is 17.0 Å². The van der Waals surface area contributed by atoms with Crippen LogP contribution in [-0.4, -0.2) is 21.5 Å². The van der Waals surface area contributed by atoms with Crippen LogP contribution in [0.3, 0.4) is 0 Å². The summed E-state index contributed by atoms with van der Waals surface area (Å²) in [6.07, 6.45) is 1.94. The number of hydrogen-bond acceptors (Lipinski definition) is 3. The van der Waals surface area contributed by atoms with Gasteiger partial charge >= 0.3 is 0 Å². The molecule has 0 bridgehead atoms. The number of imidazole rings is 1. The number of methoxy groups -OCH3 is 1. The fraction of sp³-hybridized carbons (Fsp3) is 0.143. The Labute approximate surface area is 105 Å².